The van der Waals surface area contributed by atoms with Gasteiger partial charge in [0.05, 0.1) is 30.6 Å². The van der Waals surface area contributed by atoms with E-state index in [9.17, 15) is 9.59 Å². The molecule has 0 radical (unpaired) electrons. The molecule has 1 atom stereocenters. The van der Waals surface area contributed by atoms with E-state index in [0.29, 0.717) is 48.1 Å². The van der Waals surface area contributed by atoms with Gasteiger partial charge in [-0.2, -0.15) is 0 Å². The molecule has 152 valence electrons. The summed E-state index contributed by atoms with van der Waals surface area (Å²) in [5.41, 5.74) is 1.30. The number of nitrogens with one attached hydrogen (secondary N) is 2. The fourth-order valence-corrected chi connectivity index (χ4v) is 3.40. The van der Waals surface area contributed by atoms with E-state index < -0.39 is 0 Å². The molecule has 2 heterocycles. The lowest BCUT2D eigenvalue weighted by atomic mass is 10.1. The minimum absolute atomic E-state index is 0.0579. The van der Waals surface area contributed by atoms with Crippen molar-refractivity contribution in [2.75, 3.05) is 31.7 Å². The zero-order chi connectivity index (χ0) is 20.1. The maximum atomic E-state index is 12.8. The van der Waals surface area contributed by atoms with Crippen molar-refractivity contribution in [1.29, 1.82) is 0 Å². The molecular weight excluding hydrogens is 372 g/mol. The minimum Gasteiger partial charge on any atom is -0.490 e. The minimum atomic E-state index is -0.319. The van der Waals surface area contributed by atoms with Crippen LogP contribution in [-0.2, 0) is 4.74 Å². The molecule has 2 aromatic carbocycles. The maximum Gasteiger partial charge on any atom is 0.255 e. The summed E-state index contributed by atoms with van der Waals surface area (Å²) in [4.78, 5) is 25.4. The van der Waals surface area contributed by atoms with Crippen molar-refractivity contribution in [3.05, 3.63) is 53.6 Å². The van der Waals surface area contributed by atoms with Crippen LogP contribution in [0.5, 0.6) is 11.5 Å². The molecule has 2 aliphatic rings. The first kappa shape index (κ1) is 19.3. The Morgan fingerprint density at radius 1 is 0.931 bits per heavy atom. The van der Waals surface area contributed by atoms with Gasteiger partial charge in [-0.3, -0.25) is 9.59 Å². The van der Waals surface area contributed by atoms with Crippen LogP contribution in [0.2, 0.25) is 0 Å². The number of carbonyl (C=O) groups excluding carboxylic acids is 2. The van der Waals surface area contributed by atoms with E-state index in [4.69, 9.17) is 14.2 Å². The van der Waals surface area contributed by atoms with Crippen LogP contribution in [0.1, 0.15) is 40.0 Å². The molecule has 1 fully saturated rings. The third-order valence-electron chi connectivity index (χ3n) is 4.94. The van der Waals surface area contributed by atoms with Crippen molar-refractivity contribution in [3.8, 4) is 11.5 Å². The smallest absolute Gasteiger partial charge is 0.255 e. The molecule has 0 bridgehead atoms. The van der Waals surface area contributed by atoms with Crippen LogP contribution in [0.4, 0.5) is 5.69 Å². The highest BCUT2D eigenvalue weighted by molar-refractivity contribution is 6.09. The molecule has 7 nitrogen and oxygen atoms in total. The summed E-state index contributed by atoms with van der Waals surface area (Å²) in [7, 11) is 0. The first-order chi connectivity index (χ1) is 14.2. The van der Waals surface area contributed by atoms with E-state index in [1.807, 2.05) is 0 Å². The zero-order valence-electron chi connectivity index (χ0n) is 16.1. The lowest BCUT2D eigenvalue weighted by Gasteiger charge is -2.14. The number of anilines is 1. The molecule has 29 heavy (non-hydrogen) atoms. The number of rotatable bonds is 5. The molecule has 4 rings (SSSR count). The maximum absolute atomic E-state index is 12.8. The Bertz CT molecular complexity index is 893. The van der Waals surface area contributed by atoms with Gasteiger partial charge in [-0.05, 0) is 43.2 Å². The molecule has 0 saturated carbocycles. The van der Waals surface area contributed by atoms with Crippen LogP contribution in [0, 0.1) is 0 Å². The van der Waals surface area contributed by atoms with Gasteiger partial charge in [-0.15, -0.1) is 0 Å². The summed E-state index contributed by atoms with van der Waals surface area (Å²) >= 11 is 0. The lowest BCUT2D eigenvalue weighted by molar-refractivity contribution is 0.0858. The fraction of sp³-hybridized carbons (Fsp3) is 0.364. The van der Waals surface area contributed by atoms with Crippen LogP contribution in [0.3, 0.4) is 0 Å². The predicted octanol–water partition coefficient (Wildman–Crippen LogP) is 3.01. The molecule has 7 heteroatoms. The van der Waals surface area contributed by atoms with Crippen molar-refractivity contribution in [3.63, 3.8) is 0 Å². The Balaban J connectivity index is 1.45. The monoisotopic (exact) mass is 396 g/mol. The van der Waals surface area contributed by atoms with E-state index in [0.717, 1.165) is 25.9 Å². The van der Waals surface area contributed by atoms with Gasteiger partial charge in [-0.25, -0.2) is 0 Å². The fourth-order valence-electron chi connectivity index (χ4n) is 3.40. The number of ether oxygens (including phenoxy) is 3. The van der Waals surface area contributed by atoms with E-state index >= 15 is 0 Å². The van der Waals surface area contributed by atoms with Gasteiger partial charge in [0.1, 0.15) is 0 Å². The summed E-state index contributed by atoms with van der Waals surface area (Å²) in [6.45, 7) is 2.34. The van der Waals surface area contributed by atoms with Crippen molar-refractivity contribution < 1.29 is 23.8 Å². The first-order valence-electron chi connectivity index (χ1n) is 9.90. The quantitative estimate of drug-likeness (QED) is 0.812. The molecule has 2 N–H and O–H groups in total. The zero-order valence-corrected chi connectivity index (χ0v) is 16.1. The summed E-state index contributed by atoms with van der Waals surface area (Å²) in [5.74, 6) is 0.626. The van der Waals surface area contributed by atoms with Gasteiger partial charge in [0.2, 0.25) is 0 Å². The molecule has 0 aliphatic carbocycles. The Morgan fingerprint density at radius 2 is 1.76 bits per heavy atom. The van der Waals surface area contributed by atoms with Gasteiger partial charge in [0.15, 0.2) is 11.5 Å². The van der Waals surface area contributed by atoms with Crippen molar-refractivity contribution in [2.45, 2.75) is 25.4 Å². The highest BCUT2D eigenvalue weighted by Crippen LogP contribution is 2.30. The number of hydrogen-bond donors (Lipinski definition) is 2. The van der Waals surface area contributed by atoms with Crippen molar-refractivity contribution >= 4 is 17.5 Å². The summed E-state index contributed by atoms with van der Waals surface area (Å²) in [5, 5.41) is 5.72. The molecule has 1 unspecified atom stereocenters. The number of hydrogen-bond acceptors (Lipinski definition) is 5. The summed E-state index contributed by atoms with van der Waals surface area (Å²) in [6, 6.07) is 12.0. The number of fused-ring (bicyclic) bond motifs is 1. The van der Waals surface area contributed by atoms with E-state index in [1.165, 1.54) is 0 Å². The molecule has 1 saturated heterocycles. The average Bonchev–Trinajstić information content (AvgIpc) is 3.15. The second kappa shape index (κ2) is 8.96. The Kier molecular flexibility index (Phi) is 5.95. The SMILES string of the molecule is O=C(Nc1ccccc1C(=O)NCC1CCCO1)c1ccc2c(c1)OCCCO2. The van der Waals surface area contributed by atoms with Crippen molar-refractivity contribution in [1.82, 2.24) is 5.32 Å². The van der Waals surface area contributed by atoms with Crippen LogP contribution in [0.15, 0.2) is 42.5 Å². The highest BCUT2D eigenvalue weighted by atomic mass is 16.5. The van der Waals surface area contributed by atoms with E-state index in [-0.39, 0.29) is 17.9 Å². The highest BCUT2D eigenvalue weighted by Gasteiger charge is 2.19. The Labute approximate surface area is 169 Å². The first-order valence-corrected chi connectivity index (χ1v) is 9.90. The van der Waals surface area contributed by atoms with Gasteiger partial charge in [0.25, 0.3) is 11.8 Å². The van der Waals surface area contributed by atoms with E-state index in [1.54, 1.807) is 42.5 Å². The second-order valence-corrected chi connectivity index (χ2v) is 7.06. The summed E-state index contributed by atoms with van der Waals surface area (Å²) < 4.78 is 16.8. The van der Waals surface area contributed by atoms with Gasteiger partial charge >= 0.3 is 0 Å². The van der Waals surface area contributed by atoms with Crippen LogP contribution < -0.4 is 20.1 Å². The van der Waals surface area contributed by atoms with Crippen LogP contribution in [-0.4, -0.2) is 44.3 Å². The van der Waals surface area contributed by atoms with Gasteiger partial charge in [-0.1, -0.05) is 12.1 Å². The molecular formula is C22H24N2O5. The topological polar surface area (TPSA) is 85.9 Å². The van der Waals surface area contributed by atoms with Gasteiger partial charge in [0, 0.05) is 25.1 Å². The molecule has 0 aromatic heterocycles. The van der Waals surface area contributed by atoms with Crippen LogP contribution in [0.25, 0.3) is 0 Å². The molecule has 2 amide bonds. The number of benzene rings is 2. The Morgan fingerprint density at radius 3 is 2.59 bits per heavy atom. The number of para-hydroxylation sites is 1. The largest absolute Gasteiger partial charge is 0.490 e. The molecule has 2 aromatic rings. The number of carbonyl (C=O) groups is 2. The second-order valence-electron chi connectivity index (χ2n) is 7.06. The van der Waals surface area contributed by atoms with E-state index in [2.05, 4.69) is 10.6 Å². The lowest BCUT2D eigenvalue weighted by Crippen LogP contribution is -2.32. The average molecular weight is 396 g/mol. The molecule has 2 aliphatic heterocycles. The predicted molar refractivity (Wildman–Crippen MR) is 108 cm³/mol. The third-order valence-corrected chi connectivity index (χ3v) is 4.94. The summed E-state index contributed by atoms with van der Waals surface area (Å²) in [6.07, 6.45) is 2.82. The third kappa shape index (κ3) is 4.68. The number of amides is 2. The normalized spacial score (nSPS) is 18.0. The van der Waals surface area contributed by atoms with Crippen LogP contribution >= 0.6 is 0 Å². The Hall–Kier alpha value is -3.06. The van der Waals surface area contributed by atoms with Gasteiger partial charge < -0.3 is 24.8 Å². The molecule has 0 spiro atoms. The standard InChI is InChI=1S/C22H24N2O5/c25-21(15-8-9-19-20(13-15)29-12-4-11-28-19)24-18-7-2-1-6-17(18)22(26)23-14-16-5-3-10-27-16/h1-2,6-9,13,16H,3-5,10-12,14H2,(H,23,26)(H,24,25). The van der Waals surface area contributed by atoms with Crippen molar-refractivity contribution in [2.24, 2.45) is 0 Å².